The number of aromatic nitrogens is 3. The Morgan fingerprint density at radius 1 is 1.30 bits per heavy atom. The van der Waals surface area contributed by atoms with Crippen molar-refractivity contribution in [1.82, 2.24) is 14.5 Å². The maximum Gasteiger partial charge on any atom is 0.387 e. The van der Waals surface area contributed by atoms with E-state index in [2.05, 4.69) is 14.7 Å². The van der Waals surface area contributed by atoms with Crippen molar-refractivity contribution in [2.24, 2.45) is 0 Å². The first kappa shape index (κ1) is 23.2. The molecule has 152 valence electrons. The molecule has 1 N–H and O–H groups in total. The summed E-state index contributed by atoms with van der Waals surface area (Å²) in [5.74, 6) is 0.127. The van der Waals surface area contributed by atoms with Gasteiger partial charge in [0.25, 0.3) is 0 Å². The minimum atomic E-state index is -2.94. The summed E-state index contributed by atoms with van der Waals surface area (Å²) in [7, 11) is 0. The van der Waals surface area contributed by atoms with Gasteiger partial charge in [-0.25, -0.2) is 4.79 Å². The van der Waals surface area contributed by atoms with Crippen LogP contribution in [-0.4, -0.2) is 27.3 Å². The van der Waals surface area contributed by atoms with E-state index in [1.165, 1.54) is 10.8 Å². The van der Waals surface area contributed by atoms with Crippen molar-refractivity contribution < 1.29 is 18.3 Å². The Morgan fingerprint density at radius 3 is 2.59 bits per heavy atom. The van der Waals surface area contributed by atoms with E-state index in [1.807, 2.05) is 6.92 Å². The van der Waals surface area contributed by atoms with Crippen LogP contribution in [0.1, 0.15) is 44.2 Å². The first-order chi connectivity index (χ1) is 12.0. The van der Waals surface area contributed by atoms with E-state index >= 15 is 0 Å². The minimum absolute atomic E-state index is 0. The molecule has 1 aliphatic carbocycles. The molecule has 1 saturated carbocycles. The number of imidazole rings is 1. The monoisotopic (exact) mass is 425 g/mol. The van der Waals surface area contributed by atoms with E-state index in [0.717, 1.165) is 25.7 Å². The third kappa shape index (κ3) is 6.10. The van der Waals surface area contributed by atoms with Crippen LogP contribution < -0.4 is 15.2 Å². The zero-order valence-electron chi connectivity index (χ0n) is 14.8. The van der Waals surface area contributed by atoms with Gasteiger partial charge in [0.2, 0.25) is 0 Å². The lowest BCUT2D eigenvalue weighted by Crippen LogP contribution is -2.20. The Morgan fingerprint density at radius 2 is 2.00 bits per heavy atom. The number of rotatable bonds is 7. The number of H-pyrrole nitrogens is 1. The molecule has 0 aromatic carbocycles. The molecule has 0 aliphatic heterocycles. The number of nitrogens with one attached hydrogen (secondary N) is 1. The molecule has 0 radical (unpaired) electrons. The van der Waals surface area contributed by atoms with Gasteiger partial charge in [-0.15, -0.1) is 24.8 Å². The molecule has 2 aromatic rings. The highest BCUT2D eigenvalue weighted by molar-refractivity contribution is 5.85. The van der Waals surface area contributed by atoms with E-state index in [9.17, 15) is 13.6 Å². The predicted octanol–water partition coefficient (Wildman–Crippen LogP) is 4.14. The standard InChI is InChI=1S/C17H21F2N3O3.2ClH/c1-11(10-22-7-6-20-17(22)23)13-8-14(24-12-4-2-3-5-12)15(9-21-13)25-16(18)19;;/h6-9,11-12,16H,2-5,10H2,1H3,(H,20,23);2*1H. The molecule has 3 rings (SSSR count). The average molecular weight is 426 g/mol. The van der Waals surface area contributed by atoms with E-state index < -0.39 is 6.61 Å². The number of pyridine rings is 1. The second kappa shape index (κ2) is 10.5. The highest BCUT2D eigenvalue weighted by Gasteiger charge is 2.21. The Kier molecular flexibility index (Phi) is 9.05. The first-order valence-corrected chi connectivity index (χ1v) is 8.38. The molecule has 2 aromatic heterocycles. The molecule has 6 nitrogen and oxygen atoms in total. The smallest absolute Gasteiger partial charge is 0.387 e. The predicted molar refractivity (Wildman–Crippen MR) is 102 cm³/mol. The molecule has 1 fully saturated rings. The number of nitrogens with zero attached hydrogens (tertiary/aromatic N) is 2. The molecule has 0 bridgehead atoms. The molecule has 1 unspecified atom stereocenters. The molecule has 10 heteroatoms. The summed E-state index contributed by atoms with van der Waals surface area (Å²) in [5.41, 5.74) is 0.453. The fourth-order valence-corrected chi connectivity index (χ4v) is 3.05. The van der Waals surface area contributed by atoms with Gasteiger partial charge in [-0.1, -0.05) is 6.92 Å². The SMILES string of the molecule is CC(Cn1cc[nH]c1=O)c1cc(OC2CCCC2)c(OC(F)F)cn1.Cl.Cl. The summed E-state index contributed by atoms with van der Waals surface area (Å²) in [6, 6.07) is 1.64. The van der Waals surface area contributed by atoms with E-state index in [1.54, 1.807) is 18.5 Å². The van der Waals surface area contributed by atoms with Gasteiger partial charge in [-0.05, 0) is 25.7 Å². The first-order valence-electron chi connectivity index (χ1n) is 8.38. The van der Waals surface area contributed by atoms with Crippen LogP contribution in [0.3, 0.4) is 0 Å². The van der Waals surface area contributed by atoms with Crippen molar-refractivity contribution >= 4 is 24.8 Å². The number of halogens is 4. The number of aromatic amines is 1. The molecular formula is C17H23Cl2F2N3O3. The topological polar surface area (TPSA) is 69.1 Å². The fourth-order valence-electron chi connectivity index (χ4n) is 3.05. The fraction of sp³-hybridized carbons (Fsp3) is 0.529. The molecule has 27 heavy (non-hydrogen) atoms. The maximum absolute atomic E-state index is 12.6. The van der Waals surface area contributed by atoms with Crippen molar-refractivity contribution in [3.63, 3.8) is 0 Å². The lowest BCUT2D eigenvalue weighted by atomic mass is 10.1. The normalized spacial score (nSPS) is 15.1. The van der Waals surface area contributed by atoms with Gasteiger partial charge in [0, 0.05) is 36.6 Å². The Labute approximate surface area is 168 Å². The summed E-state index contributed by atoms with van der Waals surface area (Å²) in [5, 5.41) is 0. The van der Waals surface area contributed by atoms with Gasteiger partial charge in [0.1, 0.15) is 0 Å². The molecule has 0 spiro atoms. The average Bonchev–Trinajstić information content (AvgIpc) is 3.21. The number of hydrogen-bond acceptors (Lipinski definition) is 4. The summed E-state index contributed by atoms with van der Waals surface area (Å²) >= 11 is 0. The minimum Gasteiger partial charge on any atom is -0.486 e. The summed E-state index contributed by atoms with van der Waals surface area (Å²) in [4.78, 5) is 18.4. The van der Waals surface area contributed by atoms with Crippen molar-refractivity contribution in [3.05, 3.63) is 40.8 Å². The molecule has 0 saturated heterocycles. The van der Waals surface area contributed by atoms with Crippen molar-refractivity contribution in [3.8, 4) is 11.5 Å². The third-order valence-corrected chi connectivity index (χ3v) is 4.36. The van der Waals surface area contributed by atoms with Crippen LogP contribution in [0.5, 0.6) is 11.5 Å². The molecular weight excluding hydrogens is 403 g/mol. The summed E-state index contributed by atoms with van der Waals surface area (Å²) in [6.07, 6.45) is 8.45. The van der Waals surface area contributed by atoms with Gasteiger partial charge in [-0.3, -0.25) is 9.55 Å². The van der Waals surface area contributed by atoms with Crippen LogP contribution in [0.4, 0.5) is 8.78 Å². The highest BCUT2D eigenvalue weighted by atomic mass is 35.5. The molecule has 0 amide bonds. The van der Waals surface area contributed by atoms with Crippen LogP contribution in [0.15, 0.2) is 29.5 Å². The molecule has 2 heterocycles. The van der Waals surface area contributed by atoms with Crippen molar-refractivity contribution in [2.45, 2.75) is 57.8 Å². The second-order valence-electron chi connectivity index (χ2n) is 6.28. The quantitative estimate of drug-likeness (QED) is 0.723. The number of ether oxygens (including phenoxy) is 2. The van der Waals surface area contributed by atoms with E-state index in [0.29, 0.717) is 12.2 Å². The van der Waals surface area contributed by atoms with Crippen LogP contribution in [0, 0.1) is 0 Å². The number of alkyl halides is 2. The lowest BCUT2D eigenvalue weighted by molar-refractivity contribution is -0.0523. The van der Waals surface area contributed by atoms with E-state index in [4.69, 9.17) is 4.74 Å². The van der Waals surface area contributed by atoms with Crippen LogP contribution in [0.25, 0.3) is 0 Å². The van der Waals surface area contributed by atoms with Crippen LogP contribution in [0.2, 0.25) is 0 Å². The highest BCUT2D eigenvalue weighted by Crippen LogP contribution is 2.34. The second-order valence-corrected chi connectivity index (χ2v) is 6.28. The van der Waals surface area contributed by atoms with Gasteiger partial charge < -0.3 is 14.5 Å². The Hall–Kier alpha value is -1.80. The number of hydrogen-bond donors (Lipinski definition) is 1. The molecule has 1 aliphatic rings. The lowest BCUT2D eigenvalue weighted by Gasteiger charge is -2.19. The van der Waals surface area contributed by atoms with Crippen molar-refractivity contribution in [1.29, 1.82) is 0 Å². The largest absolute Gasteiger partial charge is 0.486 e. The van der Waals surface area contributed by atoms with Gasteiger partial charge in [0.15, 0.2) is 11.5 Å². The zero-order chi connectivity index (χ0) is 17.8. The van der Waals surface area contributed by atoms with Crippen LogP contribution >= 0.6 is 24.8 Å². The summed E-state index contributed by atoms with van der Waals surface area (Å²) in [6.45, 7) is -0.600. The van der Waals surface area contributed by atoms with Crippen LogP contribution in [-0.2, 0) is 6.54 Å². The Balaban J connectivity index is 0.00000182. The maximum atomic E-state index is 12.6. The zero-order valence-corrected chi connectivity index (χ0v) is 16.4. The summed E-state index contributed by atoms with van der Waals surface area (Å²) < 4.78 is 37.2. The van der Waals surface area contributed by atoms with Crippen molar-refractivity contribution in [2.75, 3.05) is 0 Å². The van der Waals surface area contributed by atoms with Gasteiger partial charge in [-0.2, -0.15) is 8.78 Å². The van der Waals surface area contributed by atoms with E-state index in [-0.39, 0.29) is 54.0 Å². The van der Waals surface area contributed by atoms with Gasteiger partial charge in [0.05, 0.1) is 12.3 Å². The molecule has 1 atom stereocenters. The van der Waals surface area contributed by atoms with Gasteiger partial charge >= 0.3 is 12.3 Å². The Bertz CT molecular complexity index is 764. The third-order valence-electron chi connectivity index (χ3n) is 4.36.